The number of hydrogen-bond acceptors (Lipinski definition) is 3. The molecule has 1 rings (SSSR count). The molecule has 1 aromatic rings. The maximum atomic E-state index is 9.13. The molecule has 0 radical (unpaired) electrons. The van der Waals surface area contributed by atoms with E-state index in [-0.39, 0.29) is 0 Å². The molecular weight excluding hydrogens is 257 g/mol. The summed E-state index contributed by atoms with van der Waals surface area (Å²) in [7, 11) is 3.96. The van der Waals surface area contributed by atoms with Crippen LogP contribution >= 0.6 is 23.2 Å². The van der Waals surface area contributed by atoms with E-state index in [1.54, 1.807) is 12.1 Å². The van der Waals surface area contributed by atoms with Crippen LogP contribution < -0.4 is 5.32 Å². The zero-order valence-electron chi connectivity index (χ0n) is 9.87. The van der Waals surface area contributed by atoms with Crippen molar-refractivity contribution < 1.29 is 0 Å². The molecule has 0 spiro atoms. The average Bonchev–Trinajstić information content (AvgIpc) is 2.28. The summed E-state index contributed by atoms with van der Waals surface area (Å²) in [5.74, 6) is 0. The molecule has 0 bridgehead atoms. The first-order valence-corrected chi connectivity index (χ1v) is 6.03. The van der Waals surface area contributed by atoms with Gasteiger partial charge in [-0.25, -0.2) is 0 Å². The minimum absolute atomic E-state index is 0.429. The van der Waals surface area contributed by atoms with Gasteiger partial charge in [0.2, 0.25) is 0 Å². The summed E-state index contributed by atoms with van der Waals surface area (Å²) in [6, 6.07) is 7.07. The van der Waals surface area contributed by atoms with Crippen molar-refractivity contribution in [2.24, 2.45) is 0 Å². The zero-order chi connectivity index (χ0) is 12.8. The van der Waals surface area contributed by atoms with E-state index in [0.717, 1.165) is 12.1 Å². The Hall–Kier alpha value is -0.790. The second-order valence-electron chi connectivity index (χ2n) is 3.96. The van der Waals surface area contributed by atoms with Gasteiger partial charge in [-0.05, 0) is 20.2 Å². The largest absolute Gasteiger partial charge is 0.308 e. The number of nitriles is 1. The summed E-state index contributed by atoms with van der Waals surface area (Å²) in [4.78, 5) is 2.04. The van der Waals surface area contributed by atoms with Gasteiger partial charge < -0.3 is 4.90 Å². The van der Waals surface area contributed by atoms with Crippen molar-refractivity contribution in [2.75, 3.05) is 27.2 Å². The van der Waals surface area contributed by atoms with Crippen LogP contribution in [0.15, 0.2) is 18.2 Å². The predicted molar refractivity (Wildman–Crippen MR) is 71.4 cm³/mol. The maximum Gasteiger partial charge on any atom is 0.122 e. The van der Waals surface area contributed by atoms with Crippen molar-refractivity contribution in [3.63, 3.8) is 0 Å². The molecule has 1 unspecified atom stereocenters. The lowest BCUT2D eigenvalue weighted by molar-refractivity contribution is 0.395. The SMILES string of the molecule is CN(C)CCNC(C#N)c1cccc(Cl)c1Cl. The van der Waals surface area contributed by atoms with E-state index >= 15 is 0 Å². The van der Waals surface area contributed by atoms with E-state index < -0.39 is 6.04 Å². The number of nitrogens with zero attached hydrogens (tertiary/aromatic N) is 2. The Bertz CT molecular complexity index is 413. The first-order chi connectivity index (χ1) is 8.06. The summed E-state index contributed by atoms with van der Waals surface area (Å²) in [5.41, 5.74) is 0.723. The van der Waals surface area contributed by atoms with Gasteiger partial charge in [0.15, 0.2) is 0 Å². The van der Waals surface area contributed by atoms with E-state index in [2.05, 4.69) is 11.4 Å². The van der Waals surface area contributed by atoms with E-state index in [1.807, 2.05) is 25.1 Å². The van der Waals surface area contributed by atoms with Crippen molar-refractivity contribution in [1.82, 2.24) is 10.2 Å². The Morgan fingerprint density at radius 2 is 2.12 bits per heavy atom. The summed E-state index contributed by atoms with van der Waals surface area (Å²) in [5, 5.41) is 13.2. The fraction of sp³-hybridized carbons (Fsp3) is 0.417. The molecule has 1 aromatic carbocycles. The van der Waals surface area contributed by atoms with Gasteiger partial charge in [0, 0.05) is 18.7 Å². The van der Waals surface area contributed by atoms with Gasteiger partial charge in [0.1, 0.15) is 6.04 Å². The Morgan fingerprint density at radius 1 is 1.41 bits per heavy atom. The highest BCUT2D eigenvalue weighted by Gasteiger charge is 2.14. The van der Waals surface area contributed by atoms with Gasteiger partial charge in [-0.1, -0.05) is 35.3 Å². The van der Waals surface area contributed by atoms with Crippen LogP contribution in [0.25, 0.3) is 0 Å². The van der Waals surface area contributed by atoms with E-state index in [1.165, 1.54) is 0 Å². The molecule has 0 fully saturated rings. The normalized spacial score (nSPS) is 12.5. The third kappa shape index (κ3) is 4.18. The summed E-state index contributed by atoms with van der Waals surface area (Å²) < 4.78 is 0. The summed E-state index contributed by atoms with van der Waals surface area (Å²) >= 11 is 12.0. The highest BCUT2D eigenvalue weighted by atomic mass is 35.5. The Balaban J connectivity index is 2.74. The fourth-order valence-corrected chi connectivity index (χ4v) is 1.82. The lowest BCUT2D eigenvalue weighted by Gasteiger charge is -2.16. The lowest BCUT2D eigenvalue weighted by Crippen LogP contribution is -2.29. The van der Waals surface area contributed by atoms with Crippen LogP contribution in [0.3, 0.4) is 0 Å². The Morgan fingerprint density at radius 3 is 2.71 bits per heavy atom. The third-order valence-electron chi connectivity index (χ3n) is 2.33. The molecule has 0 heterocycles. The van der Waals surface area contributed by atoms with Crippen molar-refractivity contribution in [2.45, 2.75) is 6.04 Å². The first-order valence-electron chi connectivity index (χ1n) is 5.28. The van der Waals surface area contributed by atoms with Gasteiger partial charge in [0.05, 0.1) is 16.1 Å². The molecule has 92 valence electrons. The van der Waals surface area contributed by atoms with Crippen molar-refractivity contribution >= 4 is 23.2 Å². The molecule has 3 nitrogen and oxygen atoms in total. The monoisotopic (exact) mass is 271 g/mol. The fourth-order valence-electron chi connectivity index (χ4n) is 1.40. The maximum absolute atomic E-state index is 9.13. The van der Waals surface area contributed by atoms with Gasteiger partial charge in [-0.15, -0.1) is 0 Å². The van der Waals surface area contributed by atoms with Gasteiger partial charge in [-0.2, -0.15) is 5.26 Å². The third-order valence-corrected chi connectivity index (χ3v) is 3.16. The zero-order valence-corrected chi connectivity index (χ0v) is 11.4. The Labute approximate surface area is 112 Å². The lowest BCUT2D eigenvalue weighted by atomic mass is 10.1. The molecule has 0 aromatic heterocycles. The number of benzene rings is 1. The quantitative estimate of drug-likeness (QED) is 0.895. The number of likely N-dealkylation sites (N-methyl/N-ethyl adjacent to an activating group) is 1. The summed E-state index contributed by atoms with van der Waals surface area (Å²) in [6.07, 6.45) is 0. The second kappa shape index (κ2) is 6.83. The predicted octanol–water partition coefficient (Wildman–Crippen LogP) is 2.71. The number of halogens is 2. The van der Waals surface area contributed by atoms with Crippen LogP contribution in [-0.4, -0.2) is 32.1 Å². The smallest absolute Gasteiger partial charge is 0.122 e. The number of hydrogen-bond donors (Lipinski definition) is 1. The standard InChI is InChI=1S/C12H15Cl2N3/c1-17(2)7-6-16-11(8-15)9-4-3-5-10(13)12(9)14/h3-5,11,16H,6-7H2,1-2H3. The molecule has 0 saturated carbocycles. The topological polar surface area (TPSA) is 39.1 Å². The molecule has 0 aliphatic heterocycles. The van der Waals surface area contributed by atoms with Gasteiger partial charge in [0.25, 0.3) is 0 Å². The molecule has 1 atom stereocenters. The van der Waals surface area contributed by atoms with Crippen molar-refractivity contribution in [3.05, 3.63) is 33.8 Å². The number of nitrogens with one attached hydrogen (secondary N) is 1. The second-order valence-corrected chi connectivity index (χ2v) is 4.75. The van der Waals surface area contributed by atoms with Crippen LogP contribution in [0.4, 0.5) is 0 Å². The molecule has 0 saturated heterocycles. The van der Waals surface area contributed by atoms with E-state index in [4.69, 9.17) is 28.5 Å². The molecular formula is C12H15Cl2N3. The van der Waals surface area contributed by atoms with Crippen LogP contribution in [0.2, 0.25) is 10.0 Å². The van der Waals surface area contributed by atoms with E-state index in [9.17, 15) is 0 Å². The molecule has 0 aliphatic carbocycles. The minimum Gasteiger partial charge on any atom is -0.308 e. The summed E-state index contributed by atoms with van der Waals surface area (Å²) in [6.45, 7) is 1.57. The van der Waals surface area contributed by atoms with Crippen LogP contribution in [0.1, 0.15) is 11.6 Å². The minimum atomic E-state index is -0.429. The highest BCUT2D eigenvalue weighted by molar-refractivity contribution is 6.42. The first kappa shape index (κ1) is 14.3. The van der Waals surface area contributed by atoms with Crippen molar-refractivity contribution in [1.29, 1.82) is 5.26 Å². The molecule has 5 heteroatoms. The number of rotatable bonds is 5. The van der Waals surface area contributed by atoms with Crippen LogP contribution in [-0.2, 0) is 0 Å². The molecule has 0 amide bonds. The van der Waals surface area contributed by atoms with E-state index in [0.29, 0.717) is 16.6 Å². The molecule has 1 N–H and O–H groups in total. The van der Waals surface area contributed by atoms with Crippen LogP contribution in [0, 0.1) is 11.3 Å². The Kier molecular flexibility index (Phi) is 5.73. The van der Waals surface area contributed by atoms with Crippen LogP contribution in [0.5, 0.6) is 0 Å². The highest BCUT2D eigenvalue weighted by Crippen LogP contribution is 2.29. The molecule has 0 aliphatic rings. The van der Waals surface area contributed by atoms with Crippen molar-refractivity contribution in [3.8, 4) is 6.07 Å². The van der Waals surface area contributed by atoms with Gasteiger partial charge >= 0.3 is 0 Å². The average molecular weight is 272 g/mol. The molecule has 17 heavy (non-hydrogen) atoms. The van der Waals surface area contributed by atoms with Gasteiger partial charge in [-0.3, -0.25) is 5.32 Å².